The van der Waals surface area contributed by atoms with Crippen molar-refractivity contribution in [2.75, 3.05) is 0 Å². The summed E-state index contributed by atoms with van der Waals surface area (Å²) in [5.41, 5.74) is 3.73. The molecule has 2 rings (SSSR count). The number of rotatable bonds is 0. The van der Waals surface area contributed by atoms with E-state index in [-0.39, 0.29) is 0 Å². The molecule has 0 spiro atoms. The molecule has 0 fully saturated rings. The van der Waals surface area contributed by atoms with Crippen molar-refractivity contribution in [1.82, 2.24) is 9.78 Å². The molecule has 0 radical (unpaired) electrons. The highest BCUT2D eigenvalue weighted by Gasteiger charge is 2.05. The average Bonchev–Trinajstić information content (AvgIpc) is 2.45. The van der Waals surface area contributed by atoms with Crippen LogP contribution < -0.4 is 0 Å². The zero-order chi connectivity index (χ0) is 7.84. The van der Waals surface area contributed by atoms with Gasteiger partial charge in [0.15, 0.2) is 0 Å². The maximum absolute atomic E-state index is 4.20. The van der Waals surface area contributed by atoms with Gasteiger partial charge in [0.2, 0.25) is 0 Å². The first-order valence-electron chi connectivity index (χ1n) is 3.66. The molecule has 0 aromatic rings. The second kappa shape index (κ2) is 2.09. The predicted octanol–water partition coefficient (Wildman–Crippen LogP) is 1.83. The minimum atomic E-state index is 1.22. The van der Waals surface area contributed by atoms with E-state index in [0.717, 1.165) is 0 Å². The van der Waals surface area contributed by atoms with Gasteiger partial charge < -0.3 is 0 Å². The van der Waals surface area contributed by atoms with Gasteiger partial charge in [-0.25, -0.2) is 0 Å². The van der Waals surface area contributed by atoms with Crippen LogP contribution in [0.4, 0.5) is 0 Å². The lowest BCUT2D eigenvalue weighted by molar-refractivity contribution is 0.710. The number of fused-ring (bicyclic) bond motifs is 1. The summed E-state index contributed by atoms with van der Waals surface area (Å²) in [5.74, 6) is 0. The molecule has 2 nitrogen and oxygen atoms in total. The number of hydrogen-bond donors (Lipinski definition) is 0. The molecule has 1 aliphatic heterocycles. The van der Waals surface area contributed by atoms with E-state index in [2.05, 4.69) is 30.2 Å². The van der Waals surface area contributed by atoms with Gasteiger partial charge >= 0.3 is 0 Å². The molecule has 0 N–H and O–H groups in total. The average molecular weight is 146 g/mol. The SMILES string of the molecule is Cc1c2cccc-2cnn1C. The highest BCUT2D eigenvalue weighted by molar-refractivity contribution is 5.67. The minimum Gasteiger partial charge on any atom is -0.272 e. The first kappa shape index (κ1) is 6.40. The van der Waals surface area contributed by atoms with Gasteiger partial charge in [0.25, 0.3) is 0 Å². The first-order chi connectivity index (χ1) is 5.29. The number of aromatic nitrogens is 2. The molecule has 0 saturated heterocycles. The summed E-state index contributed by atoms with van der Waals surface area (Å²) in [4.78, 5) is 0. The Morgan fingerprint density at radius 2 is 2.18 bits per heavy atom. The third-order valence-electron chi connectivity index (χ3n) is 2.09. The Bertz CT molecular complexity index is 349. The molecule has 11 heavy (non-hydrogen) atoms. The smallest absolute Gasteiger partial charge is 0.0553 e. The molecular weight excluding hydrogens is 136 g/mol. The van der Waals surface area contributed by atoms with E-state index in [1.807, 2.05) is 17.9 Å². The third-order valence-corrected chi connectivity index (χ3v) is 2.09. The van der Waals surface area contributed by atoms with E-state index < -0.39 is 0 Å². The van der Waals surface area contributed by atoms with Crippen molar-refractivity contribution in [2.24, 2.45) is 7.05 Å². The summed E-state index contributed by atoms with van der Waals surface area (Å²) in [7, 11) is 1.96. The topological polar surface area (TPSA) is 17.8 Å². The van der Waals surface area contributed by atoms with Crippen LogP contribution in [0.15, 0.2) is 24.4 Å². The maximum Gasteiger partial charge on any atom is 0.0553 e. The van der Waals surface area contributed by atoms with Crippen molar-refractivity contribution in [3.05, 3.63) is 30.1 Å². The molecule has 0 saturated carbocycles. The van der Waals surface area contributed by atoms with E-state index in [0.29, 0.717) is 0 Å². The molecule has 0 aromatic carbocycles. The number of nitrogens with zero attached hydrogens (tertiary/aromatic N) is 2. The Labute approximate surface area is 65.8 Å². The molecule has 1 aliphatic carbocycles. The quantitative estimate of drug-likeness (QED) is 0.554. The number of hydrogen-bond acceptors (Lipinski definition) is 1. The predicted molar refractivity (Wildman–Crippen MR) is 44.6 cm³/mol. The Hall–Kier alpha value is -1.31. The van der Waals surface area contributed by atoms with Crippen LogP contribution in [0.5, 0.6) is 0 Å². The Kier molecular flexibility index (Phi) is 1.22. The summed E-state index contributed by atoms with van der Waals surface area (Å²) in [6.07, 6.45) is 1.89. The van der Waals surface area contributed by atoms with Gasteiger partial charge in [-0.2, -0.15) is 5.10 Å². The van der Waals surface area contributed by atoms with Gasteiger partial charge in [-0.15, -0.1) is 0 Å². The van der Waals surface area contributed by atoms with Crippen molar-refractivity contribution in [2.45, 2.75) is 6.92 Å². The van der Waals surface area contributed by atoms with Gasteiger partial charge in [-0.1, -0.05) is 18.2 Å². The zero-order valence-electron chi connectivity index (χ0n) is 6.70. The van der Waals surface area contributed by atoms with Crippen molar-refractivity contribution >= 4 is 0 Å². The molecule has 0 amide bonds. The highest BCUT2D eigenvalue weighted by Crippen LogP contribution is 2.23. The standard InChI is InChI=1S/C9H10N2/c1-7-9-5-3-4-8(9)6-10-11(7)2/h3-6H,1-2H3. The maximum atomic E-state index is 4.20. The van der Waals surface area contributed by atoms with Crippen molar-refractivity contribution in [3.8, 4) is 11.1 Å². The fraction of sp³-hybridized carbons (Fsp3) is 0.222. The van der Waals surface area contributed by atoms with Crippen LogP contribution in [0.1, 0.15) is 5.69 Å². The summed E-state index contributed by atoms with van der Waals surface area (Å²) >= 11 is 0. The van der Waals surface area contributed by atoms with E-state index in [1.165, 1.54) is 16.8 Å². The van der Waals surface area contributed by atoms with Gasteiger partial charge in [0.1, 0.15) is 0 Å². The van der Waals surface area contributed by atoms with Gasteiger partial charge in [0, 0.05) is 23.9 Å². The molecule has 0 atom stereocenters. The summed E-state index contributed by atoms with van der Waals surface area (Å²) in [6, 6.07) is 6.25. The second-order valence-corrected chi connectivity index (χ2v) is 2.75. The molecule has 0 bridgehead atoms. The first-order valence-corrected chi connectivity index (χ1v) is 3.66. The van der Waals surface area contributed by atoms with Crippen molar-refractivity contribution in [3.63, 3.8) is 0 Å². The van der Waals surface area contributed by atoms with Gasteiger partial charge in [-0.05, 0) is 6.92 Å². The molecule has 0 aromatic heterocycles. The van der Waals surface area contributed by atoms with E-state index in [9.17, 15) is 0 Å². The monoisotopic (exact) mass is 146 g/mol. The molecule has 2 heteroatoms. The largest absolute Gasteiger partial charge is 0.272 e. The molecule has 2 aliphatic rings. The van der Waals surface area contributed by atoms with Gasteiger partial charge in [-0.3, -0.25) is 4.68 Å². The Balaban J connectivity index is 2.81. The second-order valence-electron chi connectivity index (χ2n) is 2.75. The minimum absolute atomic E-state index is 1.22. The van der Waals surface area contributed by atoms with E-state index in [4.69, 9.17) is 0 Å². The van der Waals surface area contributed by atoms with Crippen LogP contribution in [-0.2, 0) is 7.05 Å². The lowest BCUT2D eigenvalue weighted by Crippen LogP contribution is -2.02. The normalized spacial score (nSPS) is 10.7. The zero-order valence-corrected chi connectivity index (χ0v) is 6.70. The summed E-state index contributed by atoms with van der Waals surface area (Å²) in [5, 5.41) is 4.20. The lowest BCUT2D eigenvalue weighted by atomic mass is 10.1. The third kappa shape index (κ3) is 0.827. The van der Waals surface area contributed by atoms with Crippen LogP contribution in [-0.4, -0.2) is 9.78 Å². The Morgan fingerprint density at radius 1 is 1.36 bits per heavy atom. The van der Waals surface area contributed by atoms with Crippen LogP contribution in [0, 0.1) is 6.92 Å². The van der Waals surface area contributed by atoms with Gasteiger partial charge in [0.05, 0.1) is 6.20 Å². The van der Waals surface area contributed by atoms with Crippen LogP contribution in [0.2, 0.25) is 0 Å². The molecule has 56 valence electrons. The van der Waals surface area contributed by atoms with Crippen LogP contribution in [0.25, 0.3) is 11.1 Å². The molecule has 1 heterocycles. The summed E-state index contributed by atoms with van der Waals surface area (Å²) in [6.45, 7) is 2.08. The Morgan fingerprint density at radius 3 is 3.00 bits per heavy atom. The summed E-state index contributed by atoms with van der Waals surface area (Å²) < 4.78 is 1.89. The number of aryl methyl sites for hydroxylation is 1. The fourth-order valence-electron chi connectivity index (χ4n) is 1.29. The van der Waals surface area contributed by atoms with E-state index >= 15 is 0 Å². The lowest BCUT2D eigenvalue weighted by Gasteiger charge is -2.07. The van der Waals surface area contributed by atoms with Crippen LogP contribution in [0.3, 0.4) is 0 Å². The highest BCUT2D eigenvalue weighted by atomic mass is 15.2. The van der Waals surface area contributed by atoms with E-state index in [1.54, 1.807) is 0 Å². The van der Waals surface area contributed by atoms with Crippen molar-refractivity contribution in [1.29, 1.82) is 0 Å². The van der Waals surface area contributed by atoms with Crippen molar-refractivity contribution < 1.29 is 0 Å². The molecule has 0 unspecified atom stereocenters. The fourth-order valence-corrected chi connectivity index (χ4v) is 1.29. The van der Waals surface area contributed by atoms with Crippen LogP contribution >= 0.6 is 0 Å². The molecular formula is C9H10N2.